The van der Waals surface area contributed by atoms with Crippen molar-refractivity contribution in [2.75, 3.05) is 7.11 Å². The number of rotatable bonds is 5. The zero-order valence-corrected chi connectivity index (χ0v) is 10.6. The molecule has 0 saturated carbocycles. The Hall–Kier alpha value is -2.70. The van der Waals surface area contributed by atoms with Crippen molar-refractivity contribution in [2.24, 2.45) is 0 Å². The van der Waals surface area contributed by atoms with E-state index in [-0.39, 0.29) is 18.2 Å². The second-order valence-corrected chi connectivity index (χ2v) is 3.83. The predicted octanol–water partition coefficient (Wildman–Crippen LogP) is 2.72. The van der Waals surface area contributed by atoms with Crippen LogP contribution in [0.1, 0.15) is 5.56 Å². The van der Waals surface area contributed by atoms with E-state index in [0.29, 0.717) is 11.3 Å². The molecule has 0 amide bonds. The molecule has 0 saturated heterocycles. The summed E-state index contributed by atoms with van der Waals surface area (Å²) in [4.78, 5) is 13.8. The molecule has 0 aliphatic heterocycles. The maximum Gasteiger partial charge on any atom is 0.406 e. The molecule has 0 N–H and O–H groups in total. The summed E-state index contributed by atoms with van der Waals surface area (Å²) < 4.78 is 23.6. The predicted molar refractivity (Wildman–Crippen MR) is 68.2 cm³/mol. The minimum Gasteiger partial charge on any atom is -0.496 e. The number of methoxy groups -OCH3 is 1. The number of hydrogen-bond acceptors (Lipinski definition) is 5. The molecular weight excluding hydrogens is 267 g/mol. The fourth-order valence-electron chi connectivity index (χ4n) is 1.65. The normalized spacial score (nSPS) is 10.1. The summed E-state index contributed by atoms with van der Waals surface area (Å²) in [6.45, 7) is -0.0620. The lowest BCUT2D eigenvalue weighted by Gasteiger charge is -2.10. The van der Waals surface area contributed by atoms with Crippen LogP contribution in [0.15, 0.2) is 36.5 Å². The first-order valence-electron chi connectivity index (χ1n) is 5.66. The molecule has 1 aromatic carbocycles. The first kappa shape index (κ1) is 13.7. The van der Waals surface area contributed by atoms with Gasteiger partial charge in [-0.1, -0.05) is 0 Å². The molecule has 0 fully saturated rings. The van der Waals surface area contributed by atoms with E-state index in [9.17, 15) is 14.5 Å². The van der Waals surface area contributed by atoms with E-state index in [1.807, 2.05) is 0 Å². The highest BCUT2D eigenvalue weighted by molar-refractivity contribution is 5.39. The summed E-state index contributed by atoms with van der Waals surface area (Å²) >= 11 is 0. The van der Waals surface area contributed by atoms with Gasteiger partial charge in [-0.05, 0) is 40.2 Å². The van der Waals surface area contributed by atoms with Crippen LogP contribution in [0.2, 0.25) is 0 Å². The Balaban J connectivity index is 2.21. The van der Waals surface area contributed by atoms with Gasteiger partial charge in [0.25, 0.3) is 0 Å². The van der Waals surface area contributed by atoms with Gasteiger partial charge in [0.05, 0.1) is 7.11 Å². The van der Waals surface area contributed by atoms with Crippen molar-refractivity contribution in [3.63, 3.8) is 0 Å². The van der Waals surface area contributed by atoms with Gasteiger partial charge in [-0.3, -0.25) is 0 Å². The Kier molecular flexibility index (Phi) is 4.09. The van der Waals surface area contributed by atoms with Crippen molar-refractivity contribution in [1.29, 1.82) is 0 Å². The van der Waals surface area contributed by atoms with E-state index in [0.717, 1.165) is 0 Å². The molecule has 2 aromatic rings. The molecule has 0 radical (unpaired) electrons. The van der Waals surface area contributed by atoms with E-state index in [2.05, 4.69) is 4.98 Å². The maximum absolute atomic E-state index is 13.2. The number of halogens is 1. The van der Waals surface area contributed by atoms with Crippen molar-refractivity contribution < 1.29 is 18.8 Å². The molecule has 0 bridgehead atoms. The van der Waals surface area contributed by atoms with Gasteiger partial charge < -0.3 is 19.6 Å². The summed E-state index contributed by atoms with van der Waals surface area (Å²) in [7, 11) is 1.45. The summed E-state index contributed by atoms with van der Waals surface area (Å²) in [6, 6.07) is 6.92. The van der Waals surface area contributed by atoms with E-state index in [1.165, 1.54) is 43.6 Å². The summed E-state index contributed by atoms with van der Waals surface area (Å²) in [5.41, 5.74) is 0.450. The number of benzene rings is 1. The van der Waals surface area contributed by atoms with Gasteiger partial charge >= 0.3 is 5.82 Å². The van der Waals surface area contributed by atoms with Gasteiger partial charge in [-0.15, -0.1) is 0 Å². The third-order valence-electron chi connectivity index (χ3n) is 2.55. The Morgan fingerprint density at radius 2 is 2.15 bits per heavy atom. The van der Waals surface area contributed by atoms with Crippen molar-refractivity contribution in [1.82, 2.24) is 4.98 Å². The standard InChI is InChI=1S/C13H11FN2O4/c1-19-11-5-4-10(14)7-9(11)8-20-12-3-2-6-15-13(12)16(17)18/h2-7H,8H2,1H3. The molecule has 0 aliphatic carbocycles. The molecule has 0 atom stereocenters. The molecule has 20 heavy (non-hydrogen) atoms. The number of pyridine rings is 1. The molecule has 0 unspecified atom stereocenters. The van der Waals surface area contributed by atoms with Crippen LogP contribution in [0.25, 0.3) is 0 Å². The van der Waals surface area contributed by atoms with Gasteiger partial charge in [0.2, 0.25) is 5.75 Å². The van der Waals surface area contributed by atoms with Crippen LogP contribution in [-0.4, -0.2) is 17.0 Å². The Morgan fingerprint density at radius 3 is 2.85 bits per heavy atom. The topological polar surface area (TPSA) is 74.5 Å². The number of ether oxygens (including phenoxy) is 2. The summed E-state index contributed by atoms with van der Waals surface area (Å²) in [5.74, 6) is -0.366. The molecule has 7 heteroatoms. The maximum atomic E-state index is 13.2. The Morgan fingerprint density at radius 1 is 1.35 bits per heavy atom. The van der Waals surface area contributed by atoms with Crippen molar-refractivity contribution in [3.8, 4) is 11.5 Å². The van der Waals surface area contributed by atoms with Crippen molar-refractivity contribution in [3.05, 3.63) is 58.0 Å². The number of aromatic nitrogens is 1. The lowest BCUT2D eigenvalue weighted by atomic mass is 10.2. The SMILES string of the molecule is COc1ccc(F)cc1COc1cccnc1[N+](=O)[O-]. The van der Waals surface area contributed by atoms with Gasteiger partial charge in [-0.2, -0.15) is 0 Å². The largest absolute Gasteiger partial charge is 0.496 e. The molecular formula is C13H11FN2O4. The van der Waals surface area contributed by atoms with Gasteiger partial charge in [0, 0.05) is 5.56 Å². The first-order chi connectivity index (χ1) is 9.61. The molecule has 2 rings (SSSR count). The number of hydrogen-bond donors (Lipinski definition) is 0. The van der Waals surface area contributed by atoms with Crippen LogP contribution >= 0.6 is 0 Å². The third kappa shape index (κ3) is 3.00. The second kappa shape index (κ2) is 5.96. The minimum atomic E-state index is -0.641. The third-order valence-corrected chi connectivity index (χ3v) is 2.55. The molecule has 1 aromatic heterocycles. The van der Waals surface area contributed by atoms with Gasteiger partial charge in [-0.25, -0.2) is 4.39 Å². The fourth-order valence-corrected chi connectivity index (χ4v) is 1.65. The van der Waals surface area contributed by atoms with Crippen LogP contribution in [0.5, 0.6) is 11.5 Å². The quantitative estimate of drug-likeness (QED) is 0.621. The van der Waals surface area contributed by atoms with Crippen molar-refractivity contribution in [2.45, 2.75) is 6.61 Å². The van der Waals surface area contributed by atoms with Crippen LogP contribution in [-0.2, 0) is 6.61 Å². The summed E-state index contributed by atoms with van der Waals surface area (Å²) in [6.07, 6.45) is 1.30. The zero-order chi connectivity index (χ0) is 14.5. The van der Waals surface area contributed by atoms with Gasteiger partial charge in [0.15, 0.2) is 0 Å². The highest BCUT2D eigenvalue weighted by atomic mass is 19.1. The second-order valence-electron chi connectivity index (χ2n) is 3.83. The molecule has 0 spiro atoms. The van der Waals surface area contributed by atoms with E-state index in [1.54, 1.807) is 0 Å². The minimum absolute atomic E-state index is 0.0174. The number of nitro groups is 1. The molecule has 104 valence electrons. The van der Waals surface area contributed by atoms with Gasteiger partial charge in [0.1, 0.15) is 24.4 Å². The monoisotopic (exact) mass is 278 g/mol. The molecule has 0 aliphatic rings. The first-order valence-corrected chi connectivity index (χ1v) is 5.66. The fraction of sp³-hybridized carbons (Fsp3) is 0.154. The highest BCUT2D eigenvalue weighted by Crippen LogP contribution is 2.26. The van der Waals surface area contributed by atoms with E-state index < -0.39 is 10.7 Å². The average Bonchev–Trinajstić information content (AvgIpc) is 2.45. The highest BCUT2D eigenvalue weighted by Gasteiger charge is 2.16. The van der Waals surface area contributed by atoms with Crippen LogP contribution in [0, 0.1) is 15.9 Å². The molecule has 6 nitrogen and oxygen atoms in total. The van der Waals surface area contributed by atoms with Crippen LogP contribution in [0.4, 0.5) is 10.2 Å². The smallest absolute Gasteiger partial charge is 0.406 e. The average molecular weight is 278 g/mol. The zero-order valence-electron chi connectivity index (χ0n) is 10.6. The molecule has 1 heterocycles. The van der Waals surface area contributed by atoms with Crippen LogP contribution in [0.3, 0.4) is 0 Å². The number of nitrogens with zero attached hydrogens (tertiary/aromatic N) is 2. The summed E-state index contributed by atoms with van der Waals surface area (Å²) in [5, 5.41) is 10.8. The van der Waals surface area contributed by atoms with E-state index in [4.69, 9.17) is 9.47 Å². The lowest BCUT2D eigenvalue weighted by Crippen LogP contribution is -2.02. The van der Waals surface area contributed by atoms with Crippen LogP contribution < -0.4 is 9.47 Å². The Labute approximate surface area is 113 Å². The van der Waals surface area contributed by atoms with Crippen molar-refractivity contribution >= 4 is 5.82 Å². The Bertz CT molecular complexity index is 634. The lowest BCUT2D eigenvalue weighted by molar-refractivity contribution is -0.390. The van der Waals surface area contributed by atoms with E-state index >= 15 is 0 Å².